The van der Waals surface area contributed by atoms with Crippen molar-refractivity contribution in [2.75, 3.05) is 7.11 Å². The van der Waals surface area contributed by atoms with Gasteiger partial charge in [0.2, 0.25) is 5.91 Å². The van der Waals surface area contributed by atoms with Crippen molar-refractivity contribution in [2.45, 2.75) is 26.2 Å². The molecule has 0 saturated carbocycles. The van der Waals surface area contributed by atoms with Crippen molar-refractivity contribution in [3.8, 4) is 5.75 Å². The number of nitrogens with one attached hydrogen (secondary N) is 1. The van der Waals surface area contributed by atoms with Gasteiger partial charge in [-0.3, -0.25) is 4.79 Å². The van der Waals surface area contributed by atoms with Crippen LogP contribution in [0.1, 0.15) is 29.5 Å². The zero-order chi connectivity index (χ0) is 17.4. The Morgan fingerprint density at radius 3 is 2.67 bits per heavy atom. The van der Waals surface area contributed by atoms with Gasteiger partial charge in [-0.2, -0.15) is 5.10 Å². The number of ether oxygens (including phenoxy) is 1. The molecule has 0 aliphatic carbocycles. The molecule has 0 heterocycles. The van der Waals surface area contributed by atoms with Crippen molar-refractivity contribution in [1.82, 2.24) is 5.43 Å². The quantitative estimate of drug-likeness (QED) is 0.606. The fourth-order valence-corrected chi connectivity index (χ4v) is 2.42. The molecule has 2 rings (SSSR count). The summed E-state index contributed by atoms with van der Waals surface area (Å²) in [5.41, 5.74) is 5.83. The van der Waals surface area contributed by atoms with Crippen LogP contribution in [0.2, 0.25) is 5.02 Å². The number of hydrazone groups is 1. The summed E-state index contributed by atoms with van der Waals surface area (Å²) < 4.78 is 5.19. The highest BCUT2D eigenvalue weighted by molar-refractivity contribution is 6.30. The number of benzene rings is 2. The standard InChI is InChI=1S/C19H21ClN2O2/c1-14-12-18(24-2)11-8-16(14)4-3-5-19(23)22-21-13-15-6-9-17(20)10-7-15/h6-13H,3-5H2,1-2H3,(H,22,23)/b21-13+. The van der Waals surface area contributed by atoms with Crippen molar-refractivity contribution in [3.63, 3.8) is 0 Å². The lowest BCUT2D eigenvalue weighted by Crippen LogP contribution is -2.17. The van der Waals surface area contributed by atoms with E-state index in [-0.39, 0.29) is 5.91 Å². The summed E-state index contributed by atoms with van der Waals surface area (Å²) >= 11 is 5.81. The number of amides is 1. The van der Waals surface area contributed by atoms with Crippen molar-refractivity contribution in [2.24, 2.45) is 5.10 Å². The maximum atomic E-state index is 11.8. The van der Waals surface area contributed by atoms with E-state index in [0.717, 1.165) is 24.2 Å². The molecule has 24 heavy (non-hydrogen) atoms. The van der Waals surface area contributed by atoms with Gasteiger partial charge in [0.05, 0.1) is 13.3 Å². The first-order chi connectivity index (χ1) is 11.6. The number of hydrogen-bond acceptors (Lipinski definition) is 3. The Balaban J connectivity index is 1.74. The summed E-state index contributed by atoms with van der Waals surface area (Å²) in [5.74, 6) is 0.761. The van der Waals surface area contributed by atoms with Gasteiger partial charge in [-0.25, -0.2) is 5.43 Å². The van der Waals surface area contributed by atoms with Crippen molar-refractivity contribution >= 4 is 23.7 Å². The second-order valence-corrected chi connectivity index (χ2v) is 5.93. The average Bonchev–Trinajstić information content (AvgIpc) is 2.58. The number of carbonyl (C=O) groups is 1. The molecule has 0 aliphatic heterocycles. The number of rotatable bonds is 7. The molecule has 0 spiro atoms. The Labute approximate surface area is 147 Å². The normalized spacial score (nSPS) is 10.8. The molecule has 0 aliphatic rings. The number of nitrogens with zero attached hydrogens (tertiary/aromatic N) is 1. The zero-order valence-electron chi connectivity index (χ0n) is 13.9. The van der Waals surface area contributed by atoms with Crippen LogP contribution in [0.3, 0.4) is 0 Å². The van der Waals surface area contributed by atoms with Crippen molar-refractivity contribution < 1.29 is 9.53 Å². The summed E-state index contributed by atoms with van der Waals surface area (Å²) in [6, 6.07) is 13.2. The van der Waals surface area contributed by atoms with Gasteiger partial charge in [-0.05, 0) is 60.7 Å². The highest BCUT2D eigenvalue weighted by Crippen LogP contribution is 2.18. The maximum absolute atomic E-state index is 11.8. The van der Waals surface area contributed by atoms with Crippen LogP contribution in [-0.4, -0.2) is 19.2 Å². The third-order valence-corrected chi connectivity index (χ3v) is 3.92. The van der Waals surface area contributed by atoms with Crippen LogP contribution in [0.25, 0.3) is 0 Å². The van der Waals surface area contributed by atoms with Crippen molar-refractivity contribution in [1.29, 1.82) is 0 Å². The third kappa shape index (κ3) is 5.70. The zero-order valence-corrected chi connectivity index (χ0v) is 14.6. The number of aryl methyl sites for hydroxylation is 2. The summed E-state index contributed by atoms with van der Waals surface area (Å²) in [6.07, 6.45) is 3.66. The summed E-state index contributed by atoms with van der Waals surface area (Å²) in [7, 11) is 1.66. The smallest absolute Gasteiger partial charge is 0.240 e. The first-order valence-corrected chi connectivity index (χ1v) is 8.17. The lowest BCUT2D eigenvalue weighted by Gasteiger charge is -2.07. The number of carbonyl (C=O) groups excluding carboxylic acids is 1. The van der Waals surface area contributed by atoms with Gasteiger partial charge >= 0.3 is 0 Å². The van der Waals surface area contributed by atoms with E-state index >= 15 is 0 Å². The molecule has 0 bridgehead atoms. The molecule has 1 amide bonds. The monoisotopic (exact) mass is 344 g/mol. The number of halogens is 1. The molecule has 0 fully saturated rings. The number of methoxy groups -OCH3 is 1. The molecular formula is C19H21ClN2O2. The Morgan fingerprint density at radius 1 is 1.25 bits per heavy atom. The van der Waals surface area contributed by atoms with Gasteiger partial charge in [0, 0.05) is 11.4 Å². The largest absolute Gasteiger partial charge is 0.497 e. The molecule has 5 heteroatoms. The fraction of sp³-hybridized carbons (Fsp3) is 0.263. The fourth-order valence-electron chi connectivity index (χ4n) is 2.30. The van der Waals surface area contributed by atoms with Gasteiger partial charge in [-0.15, -0.1) is 0 Å². The van der Waals surface area contributed by atoms with Gasteiger partial charge in [0.1, 0.15) is 5.75 Å². The van der Waals surface area contributed by atoms with Crippen LogP contribution in [0.15, 0.2) is 47.6 Å². The predicted octanol–water partition coefficient (Wildman–Crippen LogP) is 4.13. The molecule has 0 unspecified atom stereocenters. The van der Waals surface area contributed by atoms with E-state index in [0.29, 0.717) is 11.4 Å². The molecule has 2 aromatic carbocycles. The summed E-state index contributed by atoms with van der Waals surface area (Å²) in [6.45, 7) is 2.05. The van der Waals surface area contributed by atoms with E-state index in [1.807, 2.05) is 37.3 Å². The third-order valence-electron chi connectivity index (χ3n) is 3.67. The Bertz CT molecular complexity index is 712. The minimum atomic E-state index is -0.0913. The van der Waals surface area contributed by atoms with E-state index in [9.17, 15) is 4.79 Å². The molecule has 0 aromatic heterocycles. The highest BCUT2D eigenvalue weighted by Gasteiger charge is 2.03. The molecule has 0 saturated heterocycles. The highest BCUT2D eigenvalue weighted by atomic mass is 35.5. The van der Waals surface area contributed by atoms with Gasteiger partial charge in [-0.1, -0.05) is 29.8 Å². The van der Waals surface area contributed by atoms with Gasteiger partial charge < -0.3 is 4.74 Å². The van der Waals surface area contributed by atoms with Crippen LogP contribution in [0.5, 0.6) is 5.75 Å². The lowest BCUT2D eigenvalue weighted by molar-refractivity contribution is -0.121. The van der Waals surface area contributed by atoms with Gasteiger partial charge in [0.15, 0.2) is 0 Å². The molecule has 2 aromatic rings. The van der Waals surface area contributed by atoms with E-state index in [1.54, 1.807) is 25.5 Å². The van der Waals surface area contributed by atoms with E-state index < -0.39 is 0 Å². The van der Waals surface area contributed by atoms with Crippen LogP contribution < -0.4 is 10.2 Å². The summed E-state index contributed by atoms with van der Waals surface area (Å²) in [4.78, 5) is 11.8. The molecule has 4 nitrogen and oxygen atoms in total. The first kappa shape index (κ1) is 18.0. The average molecular weight is 345 g/mol. The maximum Gasteiger partial charge on any atom is 0.240 e. The molecule has 0 radical (unpaired) electrons. The van der Waals surface area contributed by atoms with Crippen LogP contribution in [0.4, 0.5) is 0 Å². The Hall–Kier alpha value is -2.33. The van der Waals surface area contributed by atoms with E-state index in [4.69, 9.17) is 16.3 Å². The molecule has 0 atom stereocenters. The predicted molar refractivity (Wildman–Crippen MR) is 97.9 cm³/mol. The van der Waals surface area contributed by atoms with E-state index in [2.05, 4.69) is 10.5 Å². The Kier molecular flexibility index (Phi) is 6.82. The van der Waals surface area contributed by atoms with Crippen molar-refractivity contribution in [3.05, 3.63) is 64.2 Å². The molecule has 126 valence electrons. The molecule has 1 N–H and O–H groups in total. The second kappa shape index (κ2) is 9.08. The topological polar surface area (TPSA) is 50.7 Å². The van der Waals surface area contributed by atoms with E-state index in [1.165, 1.54) is 11.1 Å². The minimum Gasteiger partial charge on any atom is -0.497 e. The summed E-state index contributed by atoms with van der Waals surface area (Å²) in [5, 5.41) is 4.62. The lowest BCUT2D eigenvalue weighted by atomic mass is 10.0. The second-order valence-electron chi connectivity index (χ2n) is 5.49. The van der Waals surface area contributed by atoms with Crippen LogP contribution >= 0.6 is 11.6 Å². The van der Waals surface area contributed by atoms with Crippen LogP contribution in [-0.2, 0) is 11.2 Å². The SMILES string of the molecule is COc1ccc(CCCC(=O)N/N=C/c2ccc(Cl)cc2)c(C)c1. The molecular weight excluding hydrogens is 324 g/mol. The number of hydrogen-bond donors (Lipinski definition) is 1. The van der Waals surface area contributed by atoms with Gasteiger partial charge in [0.25, 0.3) is 0 Å². The minimum absolute atomic E-state index is 0.0913. The first-order valence-electron chi connectivity index (χ1n) is 7.79. The Morgan fingerprint density at radius 2 is 2.00 bits per heavy atom. The van der Waals surface area contributed by atoms with Crippen LogP contribution in [0, 0.1) is 6.92 Å².